The number of rotatable bonds is 4. The first kappa shape index (κ1) is 30.6. The van der Waals surface area contributed by atoms with Crippen molar-refractivity contribution in [2.24, 2.45) is 11.7 Å². The minimum absolute atomic E-state index is 0.556. The second-order valence-corrected chi connectivity index (χ2v) is 12.1. The first-order valence-electron chi connectivity index (χ1n) is 15.2. The highest BCUT2D eigenvalue weighted by atomic mass is 32.1. The highest BCUT2D eigenvalue weighted by Gasteiger charge is 2.13. The van der Waals surface area contributed by atoms with E-state index in [4.69, 9.17) is 5.41 Å². The number of hydrogen-bond donors (Lipinski definition) is 3. The Labute approximate surface area is 273 Å². The number of aryl methyl sites for hydroxylation is 1. The Bertz CT molecular complexity index is 2240. The molecule has 0 saturated carbocycles. The normalized spacial score (nSPS) is 10.6. The Morgan fingerprint density at radius 1 is 0.522 bits per heavy atom. The highest BCUT2D eigenvalue weighted by molar-refractivity contribution is 7.25. The second kappa shape index (κ2) is 14.1. The van der Waals surface area contributed by atoms with Crippen LogP contribution in [0.4, 0.5) is 0 Å². The lowest BCUT2D eigenvalue weighted by molar-refractivity contribution is 1.26. The van der Waals surface area contributed by atoms with Gasteiger partial charge in [0, 0.05) is 31.3 Å². The molecule has 0 aliphatic carbocycles. The van der Waals surface area contributed by atoms with Crippen LogP contribution in [0.25, 0.3) is 53.2 Å². The van der Waals surface area contributed by atoms with Crippen LogP contribution in [0, 0.1) is 12.3 Å². The molecule has 0 radical (unpaired) electrons. The lowest BCUT2D eigenvalue weighted by atomic mass is 9.93. The number of hydrazine groups is 1. The van der Waals surface area contributed by atoms with E-state index in [1.54, 1.807) is 0 Å². The van der Waals surface area contributed by atoms with Crippen LogP contribution in [0.1, 0.15) is 16.7 Å². The Hall–Kier alpha value is -5.39. The summed E-state index contributed by atoms with van der Waals surface area (Å²) < 4.78 is 2.61. The summed E-state index contributed by atoms with van der Waals surface area (Å²) in [6, 6.07) is 57.1. The van der Waals surface area contributed by atoms with Crippen LogP contribution in [0.5, 0.6) is 0 Å². The maximum atomic E-state index is 8.98. The van der Waals surface area contributed by atoms with Gasteiger partial charge in [0.2, 0.25) is 0 Å². The first-order valence-corrected chi connectivity index (χ1v) is 16.0. The van der Waals surface area contributed by atoms with Gasteiger partial charge in [0.25, 0.3) is 0 Å². The van der Waals surface area contributed by atoms with Gasteiger partial charge in [-0.3, -0.25) is 17.1 Å². The molecule has 7 aromatic carbocycles. The fourth-order valence-electron chi connectivity index (χ4n) is 5.83. The Morgan fingerprint density at radius 3 is 1.91 bits per heavy atom. The fourth-order valence-corrected chi connectivity index (χ4v) is 6.97. The quantitative estimate of drug-likeness (QED) is 0.105. The lowest BCUT2D eigenvalue weighted by Crippen LogP contribution is -2.02. The summed E-state index contributed by atoms with van der Waals surface area (Å²) >= 11 is 1.84. The minimum atomic E-state index is 0.556. The van der Waals surface area contributed by atoms with Crippen LogP contribution in [0.3, 0.4) is 0 Å². The Kier molecular flexibility index (Phi) is 9.42. The van der Waals surface area contributed by atoms with Crippen molar-refractivity contribution < 1.29 is 0 Å². The number of thiophene rings is 1. The number of hydrogen-bond acceptors (Lipinski definition) is 4. The molecular weight excluding hydrogens is 579 g/mol. The summed E-state index contributed by atoms with van der Waals surface area (Å²) in [5.41, 5.74) is 8.70. The van der Waals surface area contributed by atoms with Crippen LogP contribution in [0.15, 0.2) is 164 Å². The van der Waals surface area contributed by atoms with E-state index in [9.17, 15) is 0 Å². The lowest BCUT2D eigenvalue weighted by Gasteiger charge is -2.11. The molecule has 0 fully saturated rings. The SMILES string of the molecule is Cc1ccc(-c2ccccc2)cc1.N=C(c1cccc(-c2cccc3sc4ccccc4c23)c1)c1cccc2ccccc12.NN. The maximum Gasteiger partial charge on any atom is 0.0690 e. The van der Waals surface area contributed by atoms with E-state index in [-0.39, 0.29) is 0 Å². The summed E-state index contributed by atoms with van der Waals surface area (Å²) in [6.45, 7) is 2.11. The zero-order valence-corrected chi connectivity index (χ0v) is 26.5. The Balaban J connectivity index is 0.000000207. The molecule has 3 nitrogen and oxygen atoms in total. The summed E-state index contributed by atoms with van der Waals surface area (Å²) in [5, 5.41) is 13.9. The van der Waals surface area contributed by atoms with Gasteiger partial charge >= 0.3 is 0 Å². The molecule has 46 heavy (non-hydrogen) atoms. The van der Waals surface area contributed by atoms with Crippen LogP contribution in [-0.4, -0.2) is 5.71 Å². The van der Waals surface area contributed by atoms with Gasteiger partial charge in [0.15, 0.2) is 0 Å². The molecule has 0 aliphatic heterocycles. The number of benzene rings is 7. The van der Waals surface area contributed by atoms with Crippen molar-refractivity contribution in [2.45, 2.75) is 6.92 Å². The van der Waals surface area contributed by atoms with E-state index in [1.165, 1.54) is 42.4 Å². The fraction of sp³-hybridized carbons (Fsp3) is 0.0238. The van der Waals surface area contributed by atoms with E-state index in [0.717, 1.165) is 27.5 Å². The van der Waals surface area contributed by atoms with Gasteiger partial charge in [-0.2, -0.15) is 0 Å². The second-order valence-electron chi connectivity index (χ2n) is 11.0. The third kappa shape index (κ3) is 6.37. The third-order valence-corrected chi connectivity index (χ3v) is 9.22. The van der Waals surface area contributed by atoms with Crippen molar-refractivity contribution in [2.75, 3.05) is 0 Å². The molecule has 5 N–H and O–H groups in total. The number of nitrogens with one attached hydrogen (secondary N) is 1. The van der Waals surface area contributed by atoms with Crippen LogP contribution in [-0.2, 0) is 0 Å². The molecule has 0 unspecified atom stereocenters. The summed E-state index contributed by atoms with van der Waals surface area (Å²) in [7, 11) is 0. The number of fused-ring (bicyclic) bond motifs is 4. The van der Waals surface area contributed by atoms with E-state index in [0.29, 0.717) is 5.71 Å². The molecule has 0 aliphatic rings. The maximum absolute atomic E-state index is 8.98. The van der Waals surface area contributed by atoms with Gasteiger partial charge in [-0.15, -0.1) is 11.3 Å². The van der Waals surface area contributed by atoms with Crippen LogP contribution < -0.4 is 11.7 Å². The van der Waals surface area contributed by atoms with E-state index in [1.807, 2.05) is 47.7 Å². The molecular formula is C42H35N3S. The number of nitrogens with two attached hydrogens (primary N) is 2. The van der Waals surface area contributed by atoms with Crippen LogP contribution >= 0.6 is 11.3 Å². The molecule has 1 aromatic heterocycles. The topological polar surface area (TPSA) is 75.9 Å². The van der Waals surface area contributed by atoms with Crippen LogP contribution in [0.2, 0.25) is 0 Å². The van der Waals surface area contributed by atoms with Gasteiger partial charge in [-0.1, -0.05) is 151 Å². The molecule has 0 bridgehead atoms. The minimum Gasteiger partial charge on any atom is -0.300 e. The summed E-state index contributed by atoms with van der Waals surface area (Å²) in [5.74, 6) is 8.00. The summed E-state index contributed by atoms with van der Waals surface area (Å²) in [6.07, 6.45) is 0. The first-order chi connectivity index (χ1) is 22.7. The largest absolute Gasteiger partial charge is 0.300 e. The van der Waals surface area contributed by atoms with Gasteiger partial charge in [0.05, 0.1) is 5.71 Å². The standard InChI is InChI=1S/C29H19NS.C13H12.H4N2/c30-29(24-15-6-9-19-8-1-2-12-22(19)24)21-11-5-10-20(18-21)23-14-7-17-27-28(23)25-13-3-4-16-26(25)31-27;1-11-7-9-13(10-8-11)12-5-3-2-4-6-12;1-2/h1-18,30H;2-10H,1H3;1-2H2. The van der Waals surface area contributed by atoms with E-state index >= 15 is 0 Å². The van der Waals surface area contributed by atoms with Crippen molar-refractivity contribution in [3.63, 3.8) is 0 Å². The molecule has 8 rings (SSSR count). The van der Waals surface area contributed by atoms with Crippen molar-refractivity contribution in [1.82, 2.24) is 0 Å². The zero-order valence-electron chi connectivity index (χ0n) is 25.7. The van der Waals surface area contributed by atoms with E-state index < -0.39 is 0 Å². The van der Waals surface area contributed by atoms with Crippen molar-refractivity contribution in [1.29, 1.82) is 5.41 Å². The molecule has 0 saturated heterocycles. The zero-order chi connectivity index (χ0) is 31.9. The molecule has 224 valence electrons. The molecule has 0 atom stereocenters. The Morgan fingerprint density at radius 2 is 1.11 bits per heavy atom. The van der Waals surface area contributed by atoms with Gasteiger partial charge in [-0.25, -0.2) is 0 Å². The average molecular weight is 614 g/mol. The summed E-state index contributed by atoms with van der Waals surface area (Å²) in [4.78, 5) is 0. The predicted octanol–water partition coefficient (Wildman–Crippen LogP) is 10.8. The molecule has 4 heteroatoms. The molecule has 0 spiro atoms. The van der Waals surface area contributed by atoms with Gasteiger partial charge in [0.1, 0.15) is 0 Å². The van der Waals surface area contributed by atoms with Crippen molar-refractivity contribution in [3.8, 4) is 22.3 Å². The van der Waals surface area contributed by atoms with Crippen molar-refractivity contribution >= 4 is 48.0 Å². The van der Waals surface area contributed by atoms with Crippen molar-refractivity contribution in [3.05, 3.63) is 180 Å². The molecule has 1 heterocycles. The predicted molar refractivity (Wildman–Crippen MR) is 200 cm³/mol. The molecule has 8 aromatic rings. The monoisotopic (exact) mass is 613 g/mol. The average Bonchev–Trinajstić information content (AvgIpc) is 3.52. The smallest absolute Gasteiger partial charge is 0.0690 e. The highest BCUT2D eigenvalue weighted by Crippen LogP contribution is 2.40. The molecule has 0 amide bonds. The third-order valence-electron chi connectivity index (χ3n) is 8.08. The van der Waals surface area contributed by atoms with E-state index in [2.05, 4.69) is 146 Å². The van der Waals surface area contributed by atoms with Gasteiger partial charge < -0.3 is 0 Å². The van der Waals surface area contributed by atoms with Gasteiger partial charge in [-0.05, 0) is 58.1 Å².